The highest BCUT2D eigenvalue weighted by molar-refractivity contribution is 9.09. The van der Waals surface area contributed by atoms with Crippen LogP contribution in [-0.2, 0) is 0 Å². The lowest BCUT2D eigenvalue weighted by molar-refractivity contribution is 0.247. The molecule has 0 aromatic rings. The van der Waals surface area contributed by atoms with Crippen LogP contribution in [0.1, 0.15) is 0 Å². The van der Waals surface area contributed by atoms with E-state index in [2.05, 4.69) is 26.6 Å². The zero-order valence-corrected chi connectivity index (χ0v) is 5.10. The Morgan fingerprint density at radius 3 is 2.86 bits per heavy atom. The van der Waals surface area contributed by atoms with Crippen LogP contribution in [0.2, 0.25) is 0 Å². The molecule has 39 valence electrons. The number of hydrogen-bond acceptors (Lipinski definition) is 1. The highest BCUT2D eigenvalue weighted by Crippen LogP contribution is 1.98. The summed E-state index contributed by atoms with van der Waals surface area (Å²) in [4.78, 5) is 10.1. The van der Waals surface area contributed by atoms with Gasteiger partial charge in [-0.1, -0.05) is 15.9 Å². The van der Waals surface area contributed by atoms with Crippen LogP contribution in [0, 0.1) is 0 Å². The third-order valence-corrected chi connectivity index (χ3v) is 1.21. The fourth-order valence-corrected chi connectivity index (χ4v) is 0.738. The van der Waals surface area contributed by atoms with Gasteiger partial charge in [0, 0.05) is 0 Å². The van der Waals surface area contributed by atoms with Crippen LogP contribution < -0.4 is 10.6 Å². The highest BCUT2D eigenvalue weighted by atomic mass is 79.9. The monoisotopic (exact) mass is 163 g/mol. The van der Waals surface area contributed by atoms with Crippen LogP contribution in [0.3, 0.4) is 0 Å². The minimum atomic E-state index is -0.220. The Kier molecular flexibility index (Phi) is 1.19. The molecule has 7 heavy (non-hydrogen) atoms. The van der Waals surface area contributed by atoms with Gasteiger partial charge in [0.2, 0.25) is 0 Å². The number of hydrogen-bond donors (Lipinski definition) is 1. The molecule has 1 atom stereocenters. The molecule has 1 heterocycles. The first-order valence-electron chi connectivity index (χ1n) is 1.92. The summed E-state index contributed by atoms with van der Waals surface area (Å²) < 4.78 is 0. The van der Waals surface area contributed by atoms with Crippen LogP contribution in [0.15, 0.2) is 0 Å². The molecule has 1 aliphatic heterocycles. The van der Waals surface area contributed by atoms with Gasteiger partial charge in [0.15, 0.2) is 0 Å². The van der Waals surface area contributed by atoms with Gasteiger partial charge in [-0.2, -0.15) is 0 Å². The minimum Gasteiger partial charge on any atom is -0.333 e. The number of halogens is 1. The smallest absolute Gasteiger partial charge is 0.333 e. The van der Waals surface area contributed by atoms with Crippen molar-refractivity contribution in [2.24, 2.45) is 0 Å². The first-order chi connectivity index (χ1) is 3.29. The number of urea groups is 1. The molecule has 4 heteroatoms. The Labute approximate surface area is 49.6 Å². The van der Waals surface area contributed by atoms with Gasteiger partial charge < -0.3 is 5.32 Å². The Bertz CT molecular complexity index is 94.9. The lowest BCUT2D eigenvalue weighted by Crippen LogP contribution is -2.15. The number of alkyl halides is 1. The molecule has 1 rings (SSSR count). The van der Waals surface area contributed by atoms with E-state index in [1.165, 1.54) is 0 Å². The molecule has 1 saturated heterocycles. The van der Waals surface area contributed by atoms with E-state index < -0.39 is 0 Å². The quantitative estimate of drug-likeness (QED) is 0.398. The molecule has 0 aromatic heterocycles. The number of carbonyl (C=O) groups is 1. The summed E-state index contributed by atoms with van der Waals surface area (Å²) in [6.07, 6.45) is 0. The summed E-state index contributed by atoms with van der Waals surface area (Å²) in [6, 6.07) is -0.220. The van der Waals surface area contributed by atoms with E-state index in [-0.39, 0.29) is 11.0 Å². The van der Waals surface area contributed by atoms with Crippen molar-refractivity contribution in [3.05, 3.63) is 0 Å². The van der Waals surface area contributed by atoms with Crippen molar-refractivity contribution < 1.29 is 4.79 Å². The lowest BCUT2D eigenvalue weighted by Gasteiger charge is -1.86. The zero-order chi connectivity index (χ0) is 5.28. The van der Waals surface area contributed by atoms with Gasteiger partial charge in [0.25, 0.3) is 0 Å². The second-order valence-electron chi connectivity index (χ2n) is 1.25. The minimum absolute atomic E-state index is 0.000000000000000222. The predicted molar refractivity (Wildman–Crippen MR) is 28.2 cm³/mol. The largest absolute Gasteiger partial charge is 0.337 e. The average molecular weight is 164 g/mol. The van der Waals surface area contributed by atoms with Gasteiger partial charge in [-0.3, -0.25) is 0 Å². The van der Waals surface area contributed by atoms with E-state index in [4.69, 9.17) is 0 Å². The molecule has 0 bridgehead atoms. The van der Waals surface area contributed by atoms with E-state index in [1.807, 2.05) is 0 Å². The maximum absolute atomic E-state index is 10.1. The fourth-order valence-electron chi connectivity index (χ4n) is 0.390. The SMILES string of the molecule is O=C1[N]C(Br)CN1. The third-order valence-electron chi connectivity index (χ3n) is 0.679. The van der Waals surface area contributed by atoms with Crippen LogP contribution in [0.5, 0.6) is 0 Å². The fraction of sp³-hybridized carbons (Fsp3) is 0.667. The number of nitrogens with zero attached hydrogens (tertiary/aromatic N) is 1. The average Bonchev–Trinajstić information content (AvgIpc) is 1.87. The van der Waals surface area contributed by atoms with Crippen LogP contribution in [-0.4, -0.2) is 17.5 Å². The molecule has 1 fully saturated rings. The Morgan fingerprint density at radius 2 is 2.71 bits per heavy atom. The van der Waals surface area contributed by atoms with Crippen LogP contribution in [0.25, 0.3) is 0 Å². The van der Waals surface area contributed by atoms with E-state index in [1.54, 1.807) is 0 Å². The van der Waals surface area contributed by atoms with Gasteiger partial charge in [-0.15, -0.1) is 0 Å². The molecule has 1 aliphatic rings. The summed E-state index contributed by atoms with van der Waals surface area (Å²) >= 11 is 3.13. The molecule has 0 spiro atoms. The van der Waals surface area contributed by atoms with Gasteiger partial charge in [0.1, 0.15) is 4.95 Å². The second-order valence-corrected chi connectivity index (χ2v) is 2.31. The van der Waals surface area contributed by atoms with Crippen molar-refractivity contribution in [2.75, 3.05) is 6.54 Å². The molecular weight excluding hydrogens is 160 g/mol. The van der Waals surface area contributed by atoms with Crippen LogP contribution in [0.4, 0.5) is 4.79 Å². The molecule has 1 unspecified atom stereocenters. The zero-order valence-electron chi connectivity index (χ0n) is 3.52. The second kappa shape index (κ2) is 1.69. The predicted octanol–water partition coefficient (Wildman–Crippen LogP) is 0.0350. The standard InChI is InChI=1S/C3H4BrN2O/c4-2-1-5-3(7)6-2/h2H,1H2,(H,5,7). The van der Waals surface area contributed by atoms with E-state index in [9.17, 15) is 4.79 Å². The highest BCUT2D eigenvalue weighted by Gasteiger charge is 2.17. The van der Waals surface area contributed by atoms with E-state index >= 15 is 0 Å². The van der Waals surface area contributed by atoms with Crippen molar-refractivity contribution >= 4 is 22.0 Å². The van der Waals surface area contributed by atoms with Crippen molar-refractivity contribution in [3.8, 4) is 0 Å². The summed E-state index contributed by atoms with van der Waals surface area (Å²) in [5.41, 5.74) is 0. The number of carbonyl (C=O) groups excluding carboxylic acids is 1. The molecule has 0 aliphatic carbocycles. The van der Waals surface area contributed by atoms with Crippen LogP contribution >= 0.6 is 15.9 Å². The molecule has 1 radical (unpaired) electrons. The molecule has 1 N–H and O–H groups in total. The topological polar surface area (TPSA) is 43.2 Å². The Morgan fingerprint density at radius 1 is 2.00 bits per heavy atom. The lowest BCUT2D eigenvalue weighted by atomic mass is 10.7. The van der Waals surface area contributed by atoms with Gasteiger partial charge >= 0.3 is 6.03 Å². The summed E-state index contributed by atoms with van der Waals surface area (Å²) in [7, 11) is 0. The van der Waals surface area contributed by atoms with Crippen molar-refractivity contribution in [2.45, 2.75) is 4.95 Å². The number of rotatable bonds is 0. The maximum Gasteiger partial charge on any atom is 0.337 e. The molecule has 3 nitrogen and oxygen atoms in total. The van der Waals surface area contributed by atoms with Crippen molar-refractivity contribution in [3.63, 3.8) is 0 Å². The molecule has 2 amide bonds. The normalized spacial score (nSPS) is 29.3. The first kappa shape index (κ1) is 4.90. The molecule has 0 saturated carbocycles. The summed E-state index contributed by atoms with van der Waals surface area (Å²) in [6.45, 7) is 0.624. The van der Waals surface area contributed by atoms with Gasteiger partial charge in [-0.05, 0) is 0 Å². The Hall–Kier alpha value is -0.250. The Balaban J connectivity index is 2.40. The maximum atomic E-state index is 10.1. The summed E-state index contributed by atoms with van der Waals surface area (Å²) in [5.74, 6) is 0. The van der Waals surface area contributed by atoms with Gasteiger partial charge in [0.05, 0.1) is 6.54 Å². The van der Waals surface area contributed by atoms with E-state index in [0.29, 0.717) is 6.54 Å². The summed E-state index contributed by atoms with van der Waals surface area (Å²) in [5, 5.41) is 6.07. The van der Waals surface area contributed by atoms with E-state index in [0.717, 1.165) is 0 Å². The van der Waals surface area contributed by atoms with Crippen molar-refractivity contribution in [1.29, 1.82) is 0 Å². The molecular formula is C3H4BrN2O. The number of amides is 2. The number of nitrogens with one attached hydrogen (secondary N) is 1. The third kappa shape index (κ3) is 1.06. The molecule has 0 aromatic carbocycles. The van der Waals surface area contributed by atoms with Crippen molar-refractivity contribution in [1.82, 2.24) is 10.6 Å². The first-order valence-corrected chi connectivity index (χ1v) is 2.83. The van der Waals surface area contributed by atoms with Gasteiger partial charge in [-0.25, -0.2) is 10.1 Å².